The Hall–Kier alpha value is -3.01. The maximum atomic E-state index is 5.94. The minimum atomic E-state index is 0.148. The first-order chi connectivity index (χ1) is 12.2. The Morgan fingerprint density at radius 3 is 2.44 bits per heavy atom. The molecule has 25 heavy (non-hydrogen) atoms. The molecule has 0 amide bonds. The predicted octanol–water partition coefficient (Wildman–Crippen LogP) is 4.25. The van der Waals surface area contributed by atoms with Crippen LogP contribution in [0.4, 0.5) is 5.95 Å². The maximum Gasteiger partial charge on any atom is 0.200 e. The van der Waals surface area contributed by atoms with Crippen LogP contribution in [0.1, 0.15) is 29.2 Å². The second kappa shape index (κ2) is 7.71. The van der Waals surface area contributed by atoms with Gasteiger partial charge in [-0.1, -0.05) is 54.6 Å². The summed E-state index contributed by atoms with van der Waals surface area (Å²) in [4.78, 5) is 4.53. The third kappa shape index (κ3) is 4.10. The Balaban J connectivity index is 1.87. The molecule has 1 unspecified atom stereocenters. The molecular formula is C21H23N3O. The van der Waals surface area contributed by atoms with Crippen LogP contribution in [0.15, 0.2) is 66.9 Å². The SMILES string of the molecule is COc1ccc(C(CC=Cc2ccccc2)c2cn(C)c(N)n2)cc1. The number of benzene rings is 2. The van der Waals surface area contributed by atoms with Crippen molar-refractivity contribution in [1.82, 2.24) is 9.55 Å². The number of ether oxygens (including phenoxy) is 1. The van der Waals surface area contributed by atoms with E-state index in [1.807, 2.05) is 48.1 Å². The molecule has 0 spiro atoms. The standard InChI is InChI=1S/C21H23N3O/c1-24-15-20(23-21(24)22)19(17-11-13-18(25-2)14-12-17)10-6-9-16-7-4-3-5-8-16/h3-9,11-15,19H,10H2,1-2H3,(H2,22,23). The first-order valence-electron chi connectivity index (χ1n) is 8.31. The molecule has 0 aliphatic rings. The Kier molecular flexibility index (Phi) is 5.19. The van der Waals surface area contributed by atoms with Crippen LogP contribution in [-0.2, 0) is 7.05 Å². The summed E-state index contributed by atoms with van der Waals surface area (Å²) in [6.07, 6.45) is 7.18. The van der Waals surface area contributed by atoms with Gasteiger partial charge in [-0.05, 0) is 29.7 Å². The molecule has 0 saturated carbocycles. The number of imidazole rings is 1. The van der Waals surface area contributed by atoms with Crippen molar-refractivity contribution >= 4 is 12.0 Å². The monoisotopic (exact) mass is 333 g/mol. The summed E-state index contributed by atoms with van der Waals surface area (Å²) in [5.74, 6) is 1.53. The number of anilines is 1. The summed E-state index contributed by atoms with van der Waals surface area (Å²) in [7, 11) is 3.59. The van der Waals surface area contributed by atoms with Gasteiger partial charge in [-0.25, -0.2) is 4.98 Å². The Morgan fingerprint density at radius 2 is 1.84 bits per heavy atom. The molecule has 2 aromatic carbocycles. The minimum absolute atomic E-state index is 0.148. The highest BCUT2D eigenvalue weighted by Gasteiger charge is 2.17. The molecule has 1 atom stereocenters. The second-order valence-corrected chi connectivity index (χ2v) is 6.01. The lowest BCUT2D eigenvalue weighted by Crippen LogP contribution is -2.01. The number of hydrogen-bond acceptors (Lipinski definition) is 3. The lowest BCUT2D eigenvalue weighted by Gasteiger charge is -2.14. The molecule has 0 aliphatic carbocycles. The van der Waals surface area contributed by atoms with Gasteiger partial charge in [-0.15, -0.1) is 0 Å². The van der Waals surface area contributed by atoms with E-state index < -0.39 is 0 Å². The molecular weight excluding hydrogens is 310 g/mol. The van der Waals surface area contributed by atoms with Crippen molar-refractivity contribution in [2.75, 3.05) is 12.8 Å². The molecule has 4 nitrogen and oxygen atoms in total. The Bertz CT molecular complexity index is 816. The van der Waals surface area contributed by atoms with Crippen molar-refractivity contribution in [2.45, 2.75) is 12.3 Å². The van der Waals surface area contributed by atoms with Crippen LogP contribution >= 0.6 is 0 Å². The lowest BCUT2D eigenvalue weighted by atomic mass is 9.92. The number of nitrogens with two attached hydrogens (primary N) is 1. The average Bonchev–Trinajstić information content (AvgIpc) is 2.98. The van der Waals surface area contributed by atoms with Crippen LogP contribution in [-0.4, -0.2) is 16.7 Å². The highest BCUT2D eigenvalue weighted by Crippen LogP contribution is 2.30. The topological polar surface area (TPSA) is 53.1 Å². The lowest BCUT2D eigenvalue weighted by molar-refractivity contribution is 0.414. The number of rotatable bonds is 6. The Morgan fingerprint density at radius 1 is 1.12 bits per heavy atom. The van der Waals surface area contributed by atoms with Gasteiger partial charge in [0.2, 0.25) is 0 Å². The number of nitrogens with zero attached hydrogens (tertiary/aromatic N) is 2. The highest BCUT2D eigenvalue weighted by molar-refractivity contribution is 5.49. The summed E-state index contributed by atoms with van der Waals surface area (Å²) >= 11 is 0. The van der Waals surface area contributed by atoms with Gasteiger partial charge in [-0.2, -0.15) is 0 Å². The van der Waals surface area contributed by atoms with Crippen molar-refractivity contribution < 1.29 is 4.74 Å². The van der Waals surface area contributed by atoms with Gasteiger partial charge in [0.15, 0.2) is 5.95 Å². The fourth-order valence-corrected chi connectivity index (χ4v) is 2.84. The molecule has 2 N–H and O–H groups in total. The summed E-state index contributed by atoms with van der Waals surface area (Å²) in [6.45, 7) is 0. The van der Waals surface area contributed by atoms with E-state index in [0.29, 0.717) is 5.95 Å². The largest absolute Gasteiger partial charge is 0.497 e. The molecule has 1 aromatic heterocycles. The third-order valence-electron chi connectivity index (χ3n) is 4.29. The van der Waals surface area contributed by atoms with Gasteiger partial charge in [0.05, 0.1) is 12.8 Å². The van der Waals surface area contributed by atoms with Crippen LogP contribution in [0, 0.1) is 0 Å². The summed E-state index contributed by atoms with van der Waals surface area (Å²) in [5, 5.41) is 0. The fourth-order valence-electron chi connectivity index (χ4n) is 2.84. The van der Waals surface area contributed by atoms with Crippen molar-refractivity contribution in [2.24, 2.45) is 7.05 Å². The second-order valence-electron chi connectivity index (χ2n) is 6.01. The van der Waals surface area contributed by atoms with Crippen LogP contribution in [0.25, 0.3) is 6.08 Å². The van der Waals surface area contributed by atoms with Crippen LogP contribution in [0.5, 0.6) is 5.75 Å². The molecule has 0 radical (unpaired) electrons. The van der Waals surface area contributed by atoms with Crippen molar-refractivity contribution in [3.8, 4) is 5.75 Å². The van der Waals surface area contributed by atoms with Gasteiger partial charge in [0.1, 0.15) is 5.75 Å². The van der Waals surface area contributed by atoms with E-state index in [1.165, 1.54) is 11.1 Å². The molecule has 4 heteroatoms. The number of aryl methyl sites for hydroxylation is 1. The Labute approximate surface area is 148 Å². The smallest absolute Gasteiger partial charge is 0.200 e. The first kappa shape index (κ1) is 16.8. The van der Waals surface area contributed by atoms with Crippen molar-refractivity contribution in [1.29, 1.82) is 0 Å². The van der Waals surface area contributed by atoms with E-state index in [2.05, 4.69) is 41.4 Å². The van der Waals surface area contributed by atoms with Gasteiger partial charge in [-0.3, -0.25) is 0 Å². The number of nitrogen functional groups attached to an aromatic ring is 1. The molecule has 0 fully saturated rings. The predicted molar refractivity (Wildman–Crippen MR) is 103 cm³/mol. The first-order valence-corrected chi connectivity index (χ1v) is 8.31. The highest BCUT2D eigenvalue weighted by atomic mass is 16.5. The maximum absolute atomic E-state index is 5.94. The summed E-state index contributed by atoms with van der Waals surface area (Å²) in [5.41, 5.74) is 9.29. The van der Waals surface area contributed by atoms with E-state index in [0.717, 1.165) is 17.9 Å². The van der Waals surface area contributed by atoms with Crippen LogP contribution in [0.3, 0.4) is 0 Å². The quantitative estimate of drug-likeness (QED) is 0.734. The molecule has 3 rings (SSSR count). The zero-order chi connectivity index (χ0) is 17.6. The third-order valence-corrected chi connectivity index (χ3v) is 4.29. The van der Waals surface area contributed by atoms with Crippen molar-refractivity contribution in [3.05, 3.63) is 83.7 Å². The van der Waals surface area contributed by atoms with Gasteiger partial charge >= 0.3 is 0 Å². The zero-order valence-electron chi connectivity index (χ0n) is 14.6. The van der Waals surface area contributed by atoms with Crippen LogP contribution in [0.2, 0.25) is 0 Å². The molecule has 3 aromatic rings. The number of methoxy groups -OCH3 is 1. The van der Waals surface area contributed by atoms with E-state index in [-0.39, 0.29) is 5.92 Å². The molecule has 1 heterocycles. The van der Waals surface area contributed by atoms with E-state index >= 15 is 0 Å². The minimum Gasteiger partial charge on any atom is -0.497 e. The van der Waals surface area contributed by atoms with Gasteiger partial charge < -0.3 is 15.0 Å². The zero-order valence-corrected chi connectivity index (χ0v) is 14.6. The summed E-state index contributed by atoms with van der Waals surface area (Å²) < 4.78 is 7.12. The van der Waals surface area contributed by atoms with Gasteiger partial charge in [0.25, 0.3) is 0 Å². The van der Waals surface area contributed by atoms with E-state index in [4.69, 9.17) is 10.5 Å². The number of hydrogen-bond donors (Lipinski definition) is 1. The van der Waals surface area contributed by atoms with E-state index in [1.54, 1.807) is 7.11 Å². The fraction of sp³-hybridized carbons (Fsp3) is 0.190. The summed E-state index contributed by atoms with van der Waals surface area (Å²) in [6, 6.07) is 18.4. The van der Waals surface area contributed by atoms with Gasteiger partial charge in [0, 0.05) is 19.2 Å². The normalized spacial score (nSPS) is 12.4. The van der Waals surface area contributed by atoms with Crippen molar-refractivity contribution in [3.63, 3.8) is 0 Å². The average molecular weight is 333 g/mol. The number of allylic oxidation sites excluding steroid dienone is 1. The number of aromatic nitrogens is 2. The molecule has 0 bridgehead atoms. The van der Waals surface area contributed by atoms with E-state index in [9.17, 15) is 0 Å². The molecule has 128 valence electrons. The molecule has 0 saturated heterocycles. The van der Waals surface area contributed by atoms with Crippen LogP contribution < -0.4 is 10.5 Å². The molecule has 0 aliphatic heterocycles.